The molecule has 0 radical (unpaired) electrons. The quantitative estimate of drug-likeness (QED) is 0.0175. The fourth-order valence-electron chi connectivity index (χ4n) is 12.6. The van der Waals surface area contributed by atoms with Crippen molar-refractivity contribution in [2.45, 2.75) is 265 Å². The van der Waals surface area contributed by atoms with Gasteiger partial charge in [0.25, 0.3) is 12.5 Å². The van der Waals surface area contributed by atoms with Gasteiger partial charge in [0.1, 0.15) is 60.5 Å². The molecule has 8 amide bonds. The van der Waals surface area contributed by atoms with Gasteiger partial charge in [-0.15, -0.1) is 0 Å². The highest BCUT2D eigenvalue weighted by molar-refractivity contribution is 5.96. The third-order valence-electron chi connectivity index (χ3n) is 20.5. The Kier molecular flexibility index (Phi) is 49.2. The van der Waals surface area contributed by atoms with Gasteiger partial charge in [-0.3, -0.25) is 43.4 Å². The number of carbonyl (C=O) groups excluding carboxylic acids is 10. The highest BCUT2D eigenvalue weighted by atomic mass is 19.4. The molecule has 0 bridgehead atoms. The molecule has 2 fully saturated rings. The van der Waals surface area contributed by atoms with Crippen LogP contribution in [-0.4, -0.2) is 213 Å². The van der Waals surface area contributed by atoms with Gasteiger partial charge in [-0.25, -0.2) is 14.4 Å². The van der Waals surface area contributed by atoms with Gasteiger partial charge in [0.2, 0.25) is 29.5 Å². The van der Waals surface area contributed by atoms with E-state index in [0.717, 1.165) is 62.3 Å². The van der Waals surface area contributed by atoms with Crippen molar-refractivity contribution in [1.29, 1.82) is 0 Å². The Morgan fingerprint density at radius 1 is 0.578 bits per heavy atom. The normalized spacial score (nSPS) is 16.6. The molecule has 2 saturated heterocycles. The molecule has 6 aromatic rings. The van der Waals surface area contributed by atoms with Crippen LogP contribution in [-0.2, 0) is 62.1 Å². The summed E-state index contributed by atoms with van der Waals surface area (Å²) in [7, 11) is 4.38. The molecule has 704 valence electrons. The molecular formula is C96H136F3N10O19+. The van der Waals surface area contributed by atoms with Crippen LogP contribution in [0, 0.1) is 24.3 Å². The minimum Gasteiger partial charge on any atom is -0.480 e. The number of aldehydes is 1. The summed E-state index contributed by atoms with van der Waals surface area (Å²) in [5, 5.41) is 49.9. The van der Waals surface area contributed by atoms with Gasteiger partial charge in [0.05, 0.1) is 36.5 Å². The minimum absolute atomic E-state index is 0. The number of aliphatic hydroxyl groups is 3. The van der Waals surface area contributed by atoms with E-state index in [2.05, 4.69) is 45.3 Å². The predicted octanol–water partition coefficient (Wildman–Crippen LogP) is 13.8. The van der Waals surface area contributed by atoms with Crippen LogP contribution in [0.2, 0.25) is 0 Å². The molecule has 2 aliphatic rings. The summed E-state index contributed by atoms with van der Waals surface area (Å²) in [5.41, 5.74) is 4.48. The SMILES string of the molecule is C#[N+]C(c1ccccc1)c1ccccc1.CC(C)CCC=O.CC[C@@H](C)C(=O)N[C@@H]1C(=O)N2C(C(=O)NC(c3ccccc3)c3ccccc3)CC[C@@H]2O[C@@H]1C.COC(C)CCC(CC(=O)[C@@H](NC(=O)[C@H](C)N(C)C(=O)OC(C)(C)C)[C@H](C)O)C(=O)NC(c1ccccc1)c1ccccc1.C[C@@H](O)[C@H](NC(=O)[C@H](C)N(C)C(=O)OC(C)(C)C)C(=O)O.N.OCC(F)(F)F. The van der Waals surface area contributed by atoms with E-state index in [1.807, 2.05) is 203 Å². The second kappa shape index (κ2) is 56.0. The van der Waals surface area contributed by atoms with Crippen molar-refractivity contribution in [3.8, 4) is 6.57 Å². The number of nitrogens with one attached hydrogen (secondary N) is 5. The molecule has 0 aromatic heterocycles. The molecular weight excluding hydrogens is 1650 g/mol. The first kappa shape index (κ1) is 113. The van der Waals surface area contributed by atoms with Crippen LogP contribution in [0.1, 0.15) is 214 Å². The van der Waals surface area contributed by atoms with E-state index in [-0.39, 0.29) is 60.3 Å². The number of likely N-dealkylation sites (N-methyl/N-ethyl adjacent to an activating group) is 2. The monoisotopic (exact) mass is 1790 g/mol. The number of benzene rings is 6. The second-order valence-corrected chi connectivity index (χ2v) is 33.6. The summed E-state index contributed by atoms with van der Waals surface area (Å²) in [4.78, 5) is 144. The zero-order valence-corrected chi connectivity index (χ0v) is 77.2. The van der Waals surface area contributed by atoms with Crippen molar-refractivity contribution in [3.05, 3.63) is 220 Å². The van der Waals surface area contributed by atoms with Crippen molar-refractivity contribution in [1.82, 2.24) is 47.4 Å². The number of nitrogens with zero attached hydrogens (tertiary/aromatic N) is 4. The lowest BCUT2D eigenvalue weighted by Crippen LogP contribution is -2.64. The number of rotatable bonds is 32. The van der Waals surface area contributed by atoms with Gasteiger partial charge in [0.15, 0.2) is 11.8 Å². The lowest BCUT2D eigenvalue weighted by atomic mass is 9.90. The highest BCUT2D eigenvalue weighted by Gasteiger charge is 2.51. The Bertz CT molecular complexity index is 4270. The van der Waals surface area contributed by atoms with E-state index in [0.29, 0.717) is 38.0 Å². The zero-order valence-electron chi connectivity index (χ0n) is 77.2. The number of hydrogen-bond donors (Lipinski definition) is 10. The average molecular weight is 1790 g/mol. The number of fused-ring (bicyclic) bond motifs is 1. The van der Waals surface area contributed by atoms with Crippen molar-refractivity contribution in [2.24, 2.45) is 17.8 Å². The van der Waals surface area contributed by atoms with E-state index in [1.54, 1.807) is 55.6 Å². The van der Waals surface area contributed by atoms with Gasteiger partial charge in [-0.1, -0.05) is 215 Å². The smallest absolute Gasteiger partial charge is 0.411 e. The summed E-state index contributed by atoms with van der Waals surface area (Å²) >= 11 is 0. The number of ketones is 1. The largest absolute Gasteiger partial charge is 0.480 e. The molecule has 3 unspecified atom stereocenters. The summed E-state index contributed by atoms with van der Waals surface area (Å²) in [6.07, 6.45) is -4.20. The molecule has 0 saturated carbocycles. The summed E-state index contributed by atoms with van der Waals surface area (Å²) in [5.74, 6) is -4.46. The third-order valence-corrected chi connectivity index (χ3v) is 20.5. The molecule has 32 heteroatoms. The minimum atomic E-state index is -4.40. The molecule has 0 spiro atoms. The third kappa shape index (κ3) is 39.4. The Labute approximate surface area is 751 Å². The molecule has 29 nitrogen and oxygen atoms in total. The molecule has 12 N–H and O–H groups in total. The maximum absolute atomic E-state index is 13.8. The summed E-state index contributed by atoms with van der Waals surface area (Å²) < 4.78 is 53.5. The second-order valence-electron chi connectivity index (χ2n) is 33.6. The Morgan fingerprint density at radius 3 is 1.27 bits per heavy atom. The number of hydrogen-bond acceptors (Lipinski definition) is 19. The average Bonchev–Trinajstić information content (AvgIpc) is 1.64. The molecule has 13 atom stereocenters. The van der Waals surface area contributed by atoms with Gasteiger partial charge in [-0.05, 0) is 150 Å². The Hall–Kier alpha value is -11.5. The maximum atomic E-state index is 13.8. The highest BCUT2D eigenvalue weighted by Crippen LogP contribution is 2.34. The lowest BCUT2D eigenvalue weighted by molar-refractivity contribution is -0.179. The number of carbonyl (C=O) groups is 11. The van der Waals surface area contributed by atoms with Gasteiger partial charge >= 0.3 is 30.4 Å². The van der Waals surface area contributed by atoms with Crippen LogP contribution in [0.4, 0.5) is 22.8 Å². The number of halogens is 3. The molecule has 6 aromatic carbocycles. The maximum Gasteiger partial charge on any atom is 0.411 e. The fraction of sp³-hybridized carbons (Fsp3) is 0.500. The van der Waals surface area contributed by atoms with E-state index in [4.69, 9.17) is 35.7 Å². The summed E-state index contributed by atoms with van der Waals surface area (Å²) in [6, 6.07) is 51.8. The Morgan fingerprint density at radius 2 is 0.953 bits per heavy atom. The van der Waals surface area contributed by atoms with E-state index in [9.17, 15) is 76.1 Å². The number of aliphatic carboxylic acids is 1. The van der Waals surface area contributed by atoms with E-state index in [1.165, 1.54) is 46.7 Å². The van der Waals surface area contributed by atoms with E-state index < -0.39 is 132 Å². The number of aliphatic hydroxyl groups excluding tert-OH is 3. The standard InChI is InChI=1S/C34H49N3O7.C27H33N3O4.C14H12N.C13H24N2O6.C6H12O.C2H3F3O.H3N/c1-22(43-8)19-20-27(32(41)36-30(25-15-11-9-12-16-25)26-17-13-10-14-18-26)21-28(39)29(24(3)38)35-31(40)23(2)37(7)33(42)44-34(4,5)6;1-4-17(2)25(31)28-23-18(3)34-22-16-15-21(30(22)27(23)33)26(32)29-24(19-11-7-5-8-12-19)20-13-9-6-10-14-20;1-15-14(12-8-4-2-5-9-12)13-10-6-3-7-11-13;1-7(15(6)12(20)21-13(3,4)5)10(17)14-9(8(2)16)11(18)19;1-6(2)4-3-5-7;3-2(4,5)1-6;/h9-18,22-24,27,29-30,38H,19-21H2,1-8H3,(H,35,40)(H,36,41);5-14,17-18,21-24H,4,15-16H2,1-3H3,(H,28,31)(H,29,32);1-11,14H;7-9,16H,1-6H3,(H,14,17)(H,18,19);5-6H,3-4H2,1-2H3;6H,1H2;1H3/q;;+1;;;;/t22?,23-,24-,27?,29-;17-,18-,21?,22+,23+;;7-,8+,9-;;;/m01.0.../s1. The first-order chi connectivity index (χ1) is 59.6. The zero-order chi connectivity index (χ0) is 95.6. The number of carboxylic acid groups (broad SMARTS) is 1. The molecule has 0 aliphatic carbocycles. The van der Waals surface area contributed by atoms with Gasteiger partial charge in [-0.2, -0.15) is 13.2 Å². The first-order valence-corrected chi connectivity index (χ1v) is 42.5. The van der Waals surface area contributed by atoms with Crippen molar-refractivity contribution in [2.75, 3.05) is 27.8 Å². The van der Waals surface area contributed by atoms with Gasteiger partial charge in [0, 0.05) is 57.0 Å². The lowest BCUT2D eigenvalue weighted by Gasteiger charge is -2.41. The molecule has 8 rings (SSSR count). The molecule has 2 heterocycles. The van der Waals surface area contributed by atoms with E-state index >= 15 is 0 Å². The van der Waals surface area contributed by atoms with Crippen LogP contribution >= 0.6 is 0 Å². The van der Waals surface area contributed by atoms with Crippen LogP contribution in [0.15, 0.2) is 182 Å². The number of methoxy groups -OCH3 is 1. The van der Waals surface area contributed by atoms with Gasteiger partial charge < -0.3 is 81.8 Å². The van der Waals surface area contributed by atoms with Crippen LogP contribution < -0.4 is 32.7 Å². The van der Waals surface area contributed by atoms with Crippen molar-refractivity contribution in [3.63, 3.8) is 0 Å². The van der Waals surface area contributed by atoms with Crippen LogP contribution in [0.25, 0.3) is 4.85 Å². The predicted molar refractivity (Wildman–Crippen MR) is 483 cm³/mol. The number of alkyl halides is 3. The van der Waals surface area contributed by atoms with Crippen LogP contribution in [0.3, 0.4) is 0 Å². The molecule has 128 heavy (non-hydrogen) atoms. The van der Waals surface area contributed by atoms with Crippen LogP contribution in [0.5, 0.6) is 0 Å². The molecule has 2 aliphatic heterocycles. The van der Waals surface area contributed by atoms with Crippen molar-refractivity contribution < 1.29 is 105 Å². The first-order valence-electron chi connectivity index (χ1n) is 42.5. The van der Waals surface area contributed by atoms with Crippen molar-refractivity contribution >= 4 is 65.7 Å². The number of ether oxygens (including phenoxy) is 4. The Balaban J connectivity index is 0.000000580. The number of carboxylic acids is 1. The number of amides is 8. The number of Topliss-reactive ketones (excluding diaryl/α,β-unsaturated/α-hetero) is 1. The summed E-state index contributed by atoms with van der Waals surface area (Å²) in [6.45, 7) is 31.2. The fourth-order valence-corrected chi connectivity index (χ4v) is 12.6. The topological polar surface area (TPSA) is 415 Å².